The predicted octanol–water partition coefficient (Wildman–Crippen LogP) is 3.81. The van der Waals surface area contributed by atoms with Gasteiger partial charge in [0, 0.05) is 11.1 Å². The van der Waals surface area contributed by atoms with E-state index >= 15 is 0 Å². The Morgan fingerprint density at radius 2 is 2.14 bits per heavy atom. The highest BCUT2D eigenvalue weighted by Gasteiger charge is 2.41. The lowest BCUT2D eigenvalue weighted by Gasteiger charge is -2.44. The van der Waals surface area contributed by atoms with E-state index in [0.717, 1.165) is 36.3 Å². The summed E-state index contributed by atoms with van der Waals surface area (Å²) in [6.07, 6.45) is 5.51. The predicted molar refractivity (Wildman–Crippen MR) is 90.9 cm³/mol. The second-order valence-corrected chi connectivity index (χ2v) is 7.15. The third kappa shape index (κ3) is 4.28. The Labute approximate surface area is 136 Å². The highest BCUT2D eigenvalue weighted by molar-refractivity contribution is 9.10. The van der Waals surface area contributed by atoms with E-state index in [1.54, 1.807) is 0 Å². The average Bonchev–Trinajstić information content (AvgIpc) is 2.48. The molecule has 118 valence electrons. The number of ether oxygens (including phenoxy) is 1. The minimum atomic E-state index is -0.127. The first-order valence-corrected chi connectivity index (χ1v) is 8.73. The minimum Gasteiger partial charge on any atom is -0.374 e. The average molecular weight is 355 g/mol. The van der Waals surface area contributed by atoms with E-state index in [0.29, 0.717) is 0 Å². The first-order valence-electron chi connectivity index (χ1n) is 7.94. The number of hydrogen-bond acceptors (Lipinski definition) is 3. The van der Waals surface area contributed by atoms with Gasteiger partial charge in [0.05, 0.1) is 11.6 Å². The van der Waals surface area contributed by atoms with Crippen molar-refractivity contribution in [3.63, 3.8) is 0 Å². The van der Waals surface area contributed by atoms with Gasteiger partial charge in [-0.25, -0.2) is 0 Å². The Morgan fingerprint density at radius 1 is 1.43 bits per heavy atom. The molecule has 1 aromatic carbocycles. The Bertz CT molecular complexity index is 444. The number of hydrogen-bond donors (Lipinski definition) is 2. The molecule has 0 bridgehead atoms. The summed E-state index contributed by atoms with van der Waals surface area (Å²) in [7, 11) is 0. The molecule has 4 heteroatoms. The fourth-order valence-corrected chi connectivity index (χ4v) is 3.87. The highest BCUT2D eigenvalue weighted by Crippen LogP contribution is 2.38. The maximum atomic E-state index is 6.22. The van der Waals surface area contributed by atoms with Gasteiger partial charge in [0.15, 0.2) is 0 Å². The zero-order chi connectivity index (χ0) is 15.3. The molecule has 21 heavy (non-hydrogen) atoms. The molecule has 1 aromatic rings. The van der Waals surface area contributed by atoms with Crippen LogP contribution in [0.2, 0.25) is 0 Å². The fourth-order valence-electron chi connectivity index (χ4n) is 3.43. The van der Waals surface area contributed by atoms with Crippen molar-refractivity contribution in [2.75, 3.05) is 6.61 Å². The topological polar surface area (TPSA) is 47.3 Å². The van der Waals surface area contributed by atoms with Crippen molar-refractivity contribution in [2.45, 2.75) is 57.6 Å². The van der Waals surface area contributed by atoms with Crippen molar-refractivity contribution in [3.05, 3.63) is 34.3 Å². The lowest BCUT2D eigenvalue weighted by Crippen LogP contribution is -2.57. The molecule has 1 aliphatic rings. The monoisotopic (exact) mass is 354 g/mol. The number of nitrogens with one attached hydrogen (secondary N) is 1. The normalized spacial score (nSPS) is 27.5. The van der Waals surface area contributed by atoms with E-state index in [4.69, 9.17) is 10.6 Å². The first-order chi connectivity index (χ1) is 10.1. The number of nitrogens with two attached hydrogens (primary N) is 1. The third-order valence-electron chi connectivity index (χ3n) is 4.72. The SMILES string of the molecule is CCOC1(C(Cc2cccc(Br)c2)NN)CCC(C)CC1. The summed E-state index contributed by atoms with van der Waals surface area (Å²) in [6.45, 7) is 5.15. The van der Waals surface area contributed by atoms with Gasteiger partial charge in [0.1, 0.15) is 0 Å². The fraction of sp³-hybridized carbons (Fsp3) is 0.647. The molecule has 0 radical (unpaired) electrons. The molecule has 0 aliphatic heterocycles. The number of rotatable bonds is 6. The van der Waals surface area contributed by atoms with E-state index in [9.17, 15) is 0 Å². The van der Waals surface area contributed by atoms with Gasteiger partial charge in [-0.05, 0) is 62.6 Å². The van der Waals surface area contributed by atoms with Gasteiger partial charge in [-0.3, -0.25) is 11.3 Å². The highest BCUT2D eigenvalue weighted by atomic mass is 79.9. The molecule has 2 rings (SSSR count). The molecule has 1 unspecified atom stereocenters. The summed E-state index contributed by atoms with van der Waals surface area (Å²) in [5, 5.41) is 0. The number of benzene rings is 1. The summed E-state index contributed by atoms with van der Waals surface area (Å²) < 4.78 is 7.33. The third-order valence-corrected chi connectivity index (χ3v) is 5.21. The number of hydrazine groups is 1. The second kappa shape index (κ2) is 7.73. The van der Waals surface area contributed by atoms with Crippen LogP contribution >= 0.6 is 15.9 Å². The van der Waals surface area contributed by atoms with Crippen molar-refractivity contribution in [1.29, 1.82) is 0 Å². The molecule has 1 fully saturated rings. The van der Waals surface area contributed by atoms with Crippen LogP contribution in [0.4, 0.5) is 0 Å². The second-order valence-electron chi connectivity index (χ2n) is 6.23. The van der Waals surface area contributed by atoms with Crippen LogP contribution in [0.1, 0.15) is 45.1 Å². The number of halogens is 1. The minimum absolute atomic E-state index is 0.127. The molecule has 3 N–H and O–H groups in total. The van der Waals surface area contributed by atoms with Gasteiger partial charge in [-0.2, -0.15) is 0 Å². The van der Waals surface area contributed by atoms with E-state index in [2.05, 4.69) is 59.5 Å². The molecule has 0 aromatic heterocycles. The van der Waals surface area contributed by atoms with Crippen LogP contribution in [0.25, 0.3) is 0 Å². The summed E-state index contributed by atoms with van der Waals surface area (Å²) in [6, 6.07) is 8.59. The summed E-state index contributed by atoms with van der Waals surface area (Å²) in [4.78, 5) is 0. The standard InChI is InChI=1S/C17H27BrN2O/c1-3-21-17(9-7-13(2)8-10-17)16(20-19)12-14-5-4-6-15(18)11-14/h4-6,11,13,16,20H,3,7-10,12,19H2,1-2H3. The first kappa shape index (κ1) is 16.9. The van der Waals surface area contributed by atoms with Crippen LogP contribution in [0.5, 0.6) is 0 Å². The van der Waals surface area contributed by atoms with Crippen LogP contribution in [0, 0.1) is 5.92 Å². The van der Waals surface area contributed by atoms with Gasteiger partial charge in [0.2, 0.25) is 0 Å². The molecule has 3 nitrogen and oxygen atoms in total. The van der Waals surface area contributed by atoms with E-state index in [1.165, 1.54) is 18.4 Å². The van der Waals surface area contributed by atoms with Gasteiger partial charge in [0.25, 0.3) is 0 Å². The summed E-state index contributed by atoms with van der Waals surface area (Å²) in [5.41, 5.74) is 4.20. The van der Waals surface area contributed by atoms with Crippen LogP contribution < -0.4 is 11.3 Å². The zero-order valence-electron chi connectivity index (χ0n) is 13.1. The van der Waals surface area contributed by atoms with E-state index in [-0.39, 0.29) is 11.6 Å². The van der Waals surface area contributed by atoms with Gasteiger partial charge < -0.3 is 4.74 Å². The Kier molecular flexibility index (Phi) is 6.23. The Hall–Kier alpha value is -0.420. The lowest BCUT2D eigenvalue weighted by molar-refractivity contribution is -0.0961. The van der Waals surface area contributed by atoms with Gasteiger partial charge in [-0.15, -0.1) is 0 Å². The molecule has 0 heterocycles. The molecular formula is C17H27BrN2O. The van der Waals surface area contributed by atoms with Crippen LogP contribution in [0.3, 0.4) is 0 Å². The van der Waals surface area contributed by atoms with Gasteiger partial charge >= 0.3 is 0 Å². The van der Waals surface area contributed by atoms with Crippen molar-refractivity contribution in [1.82, 2.24) is 5.43 Å². The Morgan fingerprint density at radius 3 is 2.71 bits per heavy atom. The van der Waals surface area contributed by atoms with Crippen molar-refractivity contribution in [2.24, 2.45) is 11.8 Å². The quantitative estimate of drug-likeness (QED) is 0.603. The maximum absolute atomic E-state index is 6.22. The van der Waals surface area contributed by atoms with Crippen LogP contribution in [-0.4, -0.2) is 18.2 Å². The van der Waals surface area contributed by atoms with Crippen molar-refractivity contribution < 1.29 is 4.74 Å². The van der Waals surface area contributed by atoms with Crippen molar-refractivity contribution >= 4 is 15.9 Å². The molecule has 0 spiro atoms. The summed E-state index contributed by atoms with van der Waals surface area (Å²) >= 11 is 3.54. The van der Waals surface area contributed by atoms with Crippen LogP contribution in [0.15, 0.2) is 28.7 Å². The summed E-state index contributed by atoms with van der Waals surface area (Å²) in [5.74, 6) is 6.69. The Balaban J connectivity index is 2.15. The molecular weight excluding hydrogens is 328 g/mol. The zero-order valence-corrected chi connectivity index (χ0v) is 14.7. The van der Waals surface area contributed by atoms with E-state index < -0.39 is 0 Å². The largest absolute Gasteiger partial charge is 0.374 e. The molecule has 0 saturated heterocycles. The van der Waals surface area contributed by atoms with Crippen LogP contribution in [-0.2, 0) is 11.2 Å². The smallest absolute Gasteiger partial charge is 0.0851 e. The molecule has 1 atom stereocenters. The van der Waals surface area contributed by atoms with Gasteiger partial charge in [-0.1, -0.05) is 35.0 Å². The molecule has 1 saturated carbocycles. The van der Waals surface area contributed by atoms with Crippen molar-refractivity contribution in [3.8, 4) is 0 Å². The lowest BCUT2D eigenvalue weighted by atomic mass is 9.74. The van der Waals surface area contributed by atoms with E-state index in [1.807, 2.05) is 0 Å². The molecule has 0 amide bonds. The maximum Gasteiger partial charge on any atom is 0.0851 e. The molecule has 1 aliphatic carbocycles.